The zero-order chi connectivity index (χ0) is 11.8. The van der Waals surface area contributed by atoms with E-state index in [-0.39, 0.29) is 11.5 Å². The van der Waals surface area contributed by atoms with E-state index >= 15 is 0 Å². The molecule has 0 bridgehead atoms. The summed E-state index contributed by atoms with van der Waals surface area (Å²) in [6, 6.07) is 6.11. The van der Waals surface area contributed by atoms with Gasteiger partial charge in [-0.1, -0.05) is 6.07 Å². The van der Waals surface area contributed by atoms with Gasteiger partial charge in [0.05, 0.1) is 0 Å². The van der Waals surface area contributed by atoms with Crippen LogP contribution in [0.2, 0.25) is 0 Å². The summed E-state index contributed by atoms with van der Waals surface area (Å²) in [6.07, 6.45) is 2.51. The van der Waals surface area contributed by atoms with Gasteiger partial charge in [0.2, 0.25) is 0 Å². The molecular formula is C13H18N2O2. The predicted molar refractivity (Wildman–Crippen MR) is 65.1 cm³/mol. The minimum Gasteiger partial charge on any atom is -0.504 e. The number of phenolic OH excluding ortho intramolecular Hbond substituents is 2. The molecule has 3 rings (SSSR count). The molecule has 17 heavy (non-hydrogen) atoms. The van der Waals surface area contributed by atoms with E-state index in [0.717, 1.165) is 25.2 Å². The van der Waals surface area contributed by atoms with Gasteiger partial charge in [-0.2, -0.15) is 0 Å². The van der Waals surface area contributed by atoms with Crippen LogP contribution in [0.15, 0.2) is 18.2 Å². The van der Waals surface area contributed by atoms with Gasteiger partial charge in [-0.25, -0.2) is 0 Å². The molecule has 1 aromatic rings. The lowest BCUT2D eigenvalue weighted by atomic mass is 10.0. The number of rotatable bonds is 1. The van der Waals surface area contributed by atoms with Gasteiger partial charge < -0.3 is 15.5 Å². The molecule has 4 nitrogen and oxygen atoms in total. The largest absolute Gasteiger partial charge is 0.504 e. The van der Waals surface area contributed by atoms with Crippen molar-refractivity contribution < 1.29 is 10.2 Å². The first kappa shape index (κ1) is 10.9. The zero-order valence-corrected chi connectivity index (χ0v) is 9.76. The highest BCUT2D eigenvalue weighted by molar-refractivity contribution is 5.41. The number of fused-ring (bicyclic) bond motifs is 1. The second-order valence-corrected chi connectivity index (χ2v) is 4.96. The van der Waals surface area contributed by atoms with Crippen molar-refractivity contribution in [2.24, 2.45) is 0 Å². The first-order chi connectivity index (χ1) is 8.25. The molecule has 2 fully saturated rings. The molecule has 0 radical (unpaired) electrons. The van der Waals surface area contributed by atoms with Gasteiger partial charge in [-0.3, -0.25) is 4.90 Å². The van der Waals surface area contributed by atoms with Crippen LogP contribution in [0.4, 0.5) is 0 Å². The average Bonchev–Trinajstić information content (AvgIpc) is 2.80. The summed E-state index contributed by atoms with van der Waals surface area (Å²) in [5.74, 6) is -0.0701. The predicted octanol–water partition coefficient (Wildman–Crippen LogP) is 1.21. The minimum absolute atomic E-state index is 0.0242. The van der Waals surface area contributed by atoms with E-state index in [2.05, 4.69) is 10.2 Å². The normalized spacial score (nSPS) is 29.2. The molecular weight excluding hydrogens is 216 g/mol. The van der Waals surface area contributed by atoms with Crippen LogP contribution >= 0.6 is 0 Å². The summed E-state index contributed by atoms with van der Waals surface area (Å²) in [6.45, 7) is 3.12. The van der Waals surface area contributed by atoms with Crippen molar-refractivity contribution in [3.05, 3.63) is 23.8 Å². The fourth-order valence-corrected chi connectivity index (χ4v) is 3.05. The standard InChI is InChI=1S/C13H18N2O2/c16-12-4-3-9(6-13(12)17)11-8-14-7-10-2-1-5-15(10)11/h3-4,6,10-11,14,16-17H,1-2,5,7-8H2/t10-,11?/m0/s1. The number of benzene rings is 1. The first-order valence-electron chi connectivity index (χ1n) is 6.24. The molecule has 0 amide bonds. The topological polar surface area (TPSA) is 55.7 Å². The van der Waals surface area contributed by atoms with E-state index in [0.29, 0.717) is 12.1 Å². The van der Waals surface area contributed by atoms with Crippen molar-refractivity contribution in [2.75, 3.05) is 19.6 Å². The Hall–Kier alpha value is -1.26. The van der Waals surface area contributed by atoms with Crippen molar-refractivity contribution in [2.45, 2.75) is 24.9 Å². The zero-order valence-electron chi connectivity index (χ0n) is 9.76. The minimum atomic E-state index is -0.0458. The molecule has 2 heterocycles. The SMILES string of the molecule is Oc1ccc(C2CNC[C@@H]3CCCN23)cc1O. The number of piperazine rings is 1. The molecule has 1 unspecified atom stereocenters. The van der Waals surface area contributed by atoms with Gasteiger partial charge in [-0.15, -0.1) is 0 Å². The van der Waals surface area contributed by atoms with E-state index in [4.69, 9.17) is 0 Å². The smallest absolute Gasteiger partial charge is 0.157 e. The molecule has 2 aliphatic heterocycles. The Kier molecular flexibility index (Phi) is 2.68. The lowest BCUT2D eigenvalue weighted by molar-refractivity contribution is 0.138. The second-order valence-electron chi connectivity index (χ2n) is 4.96. The molecule has 3 N–H and O–H groups in total. The van der Waals surface area contributed by atoms with Crippen LogP contribution in [0.3, 0.4) is 0 Å². The fraction of sp³-hybridized carbons (Fsp3) is 0.538. The second kappa shape index (κ2) is 4.20. The Bertz CT molecular complexity index is 422. The van der Waals surface area contributed by atoms with Crippen LogP contribution < -0.4 is 5.32 Å². The molecule has 0 spiro atoms. The molecule has 92 valence electrons. The average molecular weight is 234 g/mol. The van der Waals surface area contributed by atoms with E-state index in [1.807, 2.05) is 6.07 Å². The quantitative estimate of drug-likeness (QED) is 0.639. The number of nitrogens with zero attached hydrogens (tertiary/aromatic N) is 1. The number of hydrogen-bond acceptors (Lipinski definition) is 4. The molecule has 2 aliphatic rings. The van der Waals surface area contributed by atoms with Crippen molar-refractivity contribution >= 4 is 0 Å². The first-order valence-corrected chi connectivity index (χ1v) is 6.24. The molecule has 2 saturated heterocycles. The maximum atomic E-state index is 9.58. The third kappa shape index (κ3) is 1.87. The van der Waals surface area contributed by atoms with Crippen LogP contribution in [0.25, 0.3) is 0 Å². The van der Waals surface area contributed by atoms with Gasteiger partial charge in [0.1, 0.15) is 0 Å². The Labute approximate surface area is 101 Å². The summed E-state index contributed by atoms with van der Waals surface area (Å²) in [5, 5.41) is 22.4. The number of phenols is 2. The summed E-state index contributed by atoms with van der Waals surface area (Å²) in [7, 11) is 0. The lowest BCUT2D eigenvalue weighted by Crippen LogP contribution is -2.49. The molecule has 0 aromatic heterocycles. The van der Waals surface area contributed by atoms with Crippen LogP contribution in [0, 0.1) is 0 Å². The Balaban J connectivity index is 1.89. The highest BCUT2D eigenvalue weighted by atomic mass is 16.3. The number of nitrogens with one attached hydrogen (secondary N) is 1. The Morgan fingerprint density at radius 3 is 2.88 bits per heavy atom. The van der Waals surface area contributed by atoms with Crippen molar-refractivity contribution in [1.29, 1.82) is 0 Å². The molecule has 0 aliphatic carbocycles. The maximum Gasteiger partial charge on any atom is 0.157 e. The van der Waals surface area contributed by atoms with Gasteiger partial charge in [0.15, 0.2) is 11.5 Å². The Morgan fingerprint density at radius 1 is 1.18 bits per heavy atom. The molecule has 0 saturated carbocycles. The third-order valence-corrected chi connectivity index (χ3v) is 3.92. The molecule has 4 heteroatoms. The number of aromatic hydroxyl groups is 2. The van der Waals surface area contributed by atoms with Crippen molar-refractivity contribution in [1.82, 2.24) is 10.2 Å². The van der Waals surface area contributed by atoms with E-state index < -0.39 is 0 Å². The summed E-state index contributed by atoms with van der Waals surface area (Å²) < 4.78 is 0. The Morgan fingerprint density at radius 2 is 2.06 bits per heavy atom. The monoisotopic (exact) mass is 234 g/mol. The van der Waals surface area contributed by atoms with Gasteiger partial charge in [-0.05, 0) is 37.1 Å². The van der Waals surface area contributed by atoms with Crippen molar-refractivity contribution in [3.8, 4) is 11.5 Å². The van der Waals surface area contributed by atoms with Crippen LogP contribution in [-0.2, 0) is 0 Å². The lowest BCUT2D eigenvalue weighted by Gasteiger charge is -2.38. The third-order valence-electron chi connectivity index (χ3n) is 3.92. The highest BCUT2D eigenvalue weighted by Gasteiger charge is 2.34. The van der Waals surface area contributed by atoms with Crippen LogP contribution in [0.1, 0.15) is 24.4 Å². The van der Waals surface area contributed by atoms with Gasteiger partial charge >= 0.3 is 0 Å². The summed E-state index contributed by atoms with van der Waals surface area (Å²) in [5.41, 5.74) is 1.08. The van der Waals surface area contributed by atoms with E-state index in [9.17, 15) is 10.2 Å². The van der Waals surface area contributed by atoms with E-state index in [1.165, 1.54) is 12.8 Å². The van der Waals surface area contributed by atoms with Gasteiger partial charge in [0, 0.05) is 25.2 Å². The summed E-state index contributed by atoms with van der Waals surface area (Å²) >= 11 is 0. The molecule has 2 atom stereocenters. The van der Waals surface area contributed by atoms with Crippen molar-refractivity contribution in [3.63, 3.8) is 0 Å². The van der Waals surface area contributed by atoms with Crippen LogP contribution in [-0.4, -0.2) is 40.8 Å². The van der Waals surface area contributed by atoms with E-state index in [1.54, 1.807) is 12.1 Å². The molecule has 1 aromatic carbocycles. The maximum absolute atomic E-state index is 9.58. The highest BCUT2D eigenvalue weighted by Crippen LogP contribution is 2.34. The fourth-order valence-electron chi connectivity index (χ4n) is 3.05. The van der Waals surface area contributed by atoms with Crippen LogP contribution in [0.5, 0.6) is 11.5 Å². The van der Waals surface area contributed by atoms with Gasteiger partial charge in [0.25, 0.3) is 0 Å². The summed E-state index contributed by atoms with van der Waals surface area (Å²) in [4.78, 5) is 2.52. The number of hydrogen-bond donors (Lipinski definition) is 3.